The van der Waals surface area contributed by atoms with Crippen molar-refractivity contribution in [1.82, 2.24) is 0 Å². The summed E-state index contributed by atoms with van der Waals surface area (Å²) in [7, 11) is 1.37. The highest BCUT2D eigenvalue weighted by molar-refractivity contribution is 6.30. The first-order chi connectivity index (χ1) is 15.2. The van der Waals surface area contributed by atoms with Crippen molar-refractivity contribution in [3.63, 3.8) is 0 Å². The molecule has 3 rings (SSSR count). The zero-order valence-electron chi connectivity index (χ0n) is 16.6. The summed E-state index contributed by atoms with van der Waals surface area (Å²) in [6.45, 7) is 0. The lowest BCUT2D eigenvalue weighted by atomic mass is 10.1. The molecule has 0 aliphatic heterocycles. The topological polar surface area (TPSA) is 71.3 Å². The van der Waals surface area contributed by atoms with Gasteiger partial charge in [-0.2, -0.15) is 18.4 Å². The van der Waals surface area contributed by atoms with Gasteiger partial charge in [0.15, 0.2) is 11.5 Å². The second-order valence-corrected chi connectivity index (χ2v) is 7.00. The zero-order chi connectivity index (χ0) is 23.3. The number of nitriles is 1. The SMILES string of the molecule is COc1cc(C#N)ccc1OC(C(=O)Nc1ccc(Cl)cc1C(F)(F)F)c1ccccc1. The van der Waals surface area contributed by atoms with Crippen molar-refractivity contribution in [2.45, 2.75) is 12.3 Å². The number of rotatable bonds is 6. The Kier molecular flexibility index (Phi) is 6.91. The average Bonchev–Trinajstić information content (AvgIpc) is 2.78. The maximum Gasteiger partial charge on any atom is 0.418 e. The van der Waals surface area contributed by atoms with Crippen LogP contribution in [0.15, 0.2) is 66.7 Å². The molecule has 1 atom stereocenters. The van der Waals surface area contributed by atoms with Gasteiger partial charge in [0.2, 0.25) is 6.10 Å². The van der Waals surface area contributed by atoms with Crippen LogP contribution in [0.1, 0.15) is 22.8 Å². The number of benzene rings is 3. The molecule has 0 radical (unpaired) electrons. The van der Waals surface area contributed by atoms with E-state index in [-0.39, 0.29) is 16.5 Å². The number of halogens is 4. The molecule has 5 nitrogen and oxygen atoms in total. The predicted octanol–water partition coefficient (Wildman–Crippen LogP) is 6.00. The summed E-state index contributed by atoms with van der Waals surface area (Å²) in [5, 5.41) is 11.2. The number of amides is 1. The van der Waals surface area contributed by atoms with E-state index in [1.54, 1.807) is 30.3 Å². The molecule has 0 saturated heterocycles. The molecule has 0 fully saturated rings. The van der Waals surface area contributed by atoms with E-state index in [0.29, 0.717) is 11.1 Å². The van der Waals surface area contributed by atoms with Crippen molar-refractivity contribution in [3.05, 3.63) is 88.4 Å². The summed E-state index contributed by atoms with van der Waals surface area (Å²) >= 11 is 5.71. The molecular formula is C23H16ClF3N2O3. The Balaban J connectivity index is 1.98. The number of nitrogens with zero attached hydrogens (tertiary/aromatic N) is 1. The molecule has 0 saturated carbocycles. The van der Waals surface area contributed by atoms with Crippen molar-refractivity contribution in [2.24, 2.45) is 0 Å². The molecule has 0 spiro atoms. The molecular weight excluding hydrogens is 445 g/mol. The van der Waals surface area contributed by atoms with E-state index in [9.17, 15) is 18.0 Å². The number of nitrogens with one attached hydrogen (secondary N) is 1. The van der Waals surface area contributed by atoms with Crippen molar-refractivity contribution >= 4 is 23.2 Å². The Morgan fingerprint density at radius 3 is 2.41 bits per heavy atom. The van der Waals surface area contributed by atoms with Crippen LogP contribution in [0.3, 0.4) is 0 Å². The van der Waals surface area contributed by atoms with E-state index >= 15 is 0 Å². The van der Waals surface area contributed by atoms with E-state index in [1.165, 1.54) is 31.4 Å². The fraction of sp³-hybridized carbons (Fsp3) is 0.130. The molecule has 1 N–H and O–H groups in total. The number of anilines is 1. The van der Waals surface area contributed by atoms with Gasteiger partial charge in [0, 0.05) is 16.7 Å². The van der Waals surface area contributed by atoms with Gasteiger partial charge in [-0.1, -0.05) is 41.9 Å². The highest BCUT2D eigenvalue weighted by Crippen LogP contribution is 2.38. The number of carbonyl (C=O) groups excluding carboxylic acids is 1. The largest absolute Gasteiger partial charge is 0.493 e. The first kappa shape index (κ1) is 23.0. The van der Waals surface area contributed by atoms with Gasteiger partial charge in [0.1, 0.15) is 0 Å². The Labute approximate surface area is 187 Å². The lowest BCUT2D eigenvalue weighted by Gasteiger charge is -2.22. The van der Waals surface area contributed by atoms with Crippen LogP contribution in [0.4, 0.5) is 18.9 Å². The summed E-state index contributed by atoms with van der Waals surface area (Å²) in [5.74, 6) is -0.502. The van der Waals surface area contributed by atoms with Gasteiger partial charge in [-0.05, 0) is 30.3 Å². The molecule has 3 aromatic carbocycles. The van der Waals surface area contributed by atoms with Crippen LogP contribution >= 0.6 is 11.6 Å². The van der Waals surface area contributed by atoms with Gasteiger partial charge in [0.25, 0.3) is 5.91 Å². The average molecular weight is 461 g/mol. The molecule has 0 heterocycles. The predicted molar refractivity (Wildman–Crippen MR) is 113 cm³/mol. The van der Waals surface area contributed by atoms with Crippen LogP contribution in [0, 0.1) is 11.3 Å². The molecule has 0 bridgehead atoms. The van der Waals surface area contributed by atoms with E-state index in [4.69, 9.17) is 26.3 Å². The van der Waals surface area contributed by atoms with E-state index in [2.05, 4.69) is 5.32 Å². The third-order valence-electron chi connectivity index (χ3n) is 4.42. The number of hydrogen-bond donors (Lipinski definition) is 1. The molecule has 0 aliphatic carbocycles. The Hall–Kier alpha value is -3.70. The smallest absolute Gasteiger partial charge is 0.418 e. The van der Waals surface area contributed by atoms with Crippen LogP contribution in [0.5, 0.6) is 11.5 Å². The molecule has 0 aliphatic rings. The van der Waals surface area contributed by atoms with Crippen LogP contribution < -0.4 is 14.8 Å². The minimum absolute atomic E-state index is 0.117. The standard InChI is InChI=1S/C23H16ClF3N2O3/c1-31-20-11-14(13-28)7-10-19(20)32-21(15-5-3-2-4-6-15)22(30)29-18-9-8-16(24)12-17(18)23(25,26)27/h2-12,21H,1H3,(H,29,30). The number of hydrogen-bond acceptors (Lipinski definition) is 4. The van der Waals surface area contributed by atoms with Gasteiger partial charge >= 0.3 is 6.18 Å². The monoisotopic (exact) mass is 460 g/mol. The minimum Gasteiger partial charge on any atom is -0.493 e. The molecule has 9 heteroatoms. The Morgan fingerprint density at radius 1 is 1.06 bits per heavy atom. The summed E-state index contributed by atoms with van der Waals surface area (Å²) in [5.41, 5.74) is -0.825. The van der Waals surface area contributed by atoms with Gasteiger partial charge < -0.3 is 14.8 Å². The van der Waals surface area contributed by atoms with Crippen molar-refractivity contribution in [2.75, 3.05) is 12.4 Å². The molecule has 164 valence electrons. The fourth-order valence-electron chi connectivity index (χ4n) is 2.92. The quantitative estimate of drug-likeness (QED) is 0.490. The van der Waals surface area contributed by atoms with Gasteiger partial charge in [-0.25, -0.2) is 0 Å². The van der Waals surface area contributed by atoms with Crippen molar-refractivity contribution in [3.8, 4) is 17.6 Å². The minimum atomic E-state index is -4.73. The number of ether oxygens (including phenoxy) is 2. The van der Waals surface area contributed by atoms with E-state index in [0.717, 1.165) is 12.1 Å². The van der Waals surface area contributed by atoms with E-state index in [1.807, 2.05) is 6.07 Å². The third-order valence-corrected chi connectivity index (χ3v) is 4.66. The maximum absolute atomic E-state index is 13.4. The van der Waals surface area contributed by atoms with Crippen molar-refractivity contribution in [1.29, 1.82) is 5.26 Å². The lowest BCUT2D eigenvalue weighted by Crippen LogP contribution is -2.27. The van der Waals surface area contributed by atoms with Crippen LogP contribution in [0.25, 0.3) is 0 Å². The Bertz CT molecular complexity index is 1160. The summed E-state index contributed by atoms with van der Waals surface area (Å²) in [4.78, 5) is 13.1. The normalized spacial score (nSPS) is 11.9. The van der Waals surface area contributed by atoms with Crippen molar-refractivity contribution < 1.29 is 27.4 Å². The zero-order valence-corrected chi connectivity index (χ0v) is 17.4. The number of alkyl halides is 3. The highest BCUT2D eigenvalue weighted by Gasteiger charge is 2.35. The first-order valence-corrected chi connectivity index (χ1v) is 9.58. The Morgan fingerprint density at radius 2 is 1.78 bits per heavy atom. The summed E-state index contributed by atoms with van der Waals surface area (Å²) < 4.78 is 51.4. The molecule has 1 unspecified atom stereocenters. The molecule has 32 heavy (non-hydrogen) atoms. The maximum atomic E-state index is 13.4. The first-order valence-electron chi connectivity index (χ1n) is 9.20. The second kappa shape index (κ2) is 9.62. The van der Waals surface area contributed by atoms with Crippen LogP contribution in [-0.2, 0) is 11.0 Å². The number of carbonyl (C=O) groups is 1. The highest BCUT2D eigenvalue weighted by atomic mass is 35.5. The van der Waals surface area contributed by atoms with Gasteiger partial charge in [0.05, 0.1) is 30.0 Å². The van der Waals surface area contributed by atoms with Gasteiger partial charge in [-0.3, -0.25) is 4.79 Å². The summed E-state index contributed by atoms with van der Waals surface area (Å²) in [6, 6.07) is 17.6. The second-order valence-electron chi connectivity index (χ2n) is 6.56. The van der Waals surface area contributed by atoms with E-state index < -0.39 is 29.4 Å². The molecule has 0 aromatic heterocycles. The third kappa shape index (κ3) is 5.31. The van der Waals surface area contributed by atoms with Crippen LogP contribution in [-0.4, -0.2) is 13.0 Å². The van der Waals surface area contributed by atoms with Gasteiger partial charge in [-0.15, -0.1) is 0 Å². The summed E-state index contributed by atoms with van der Waals surface area (Å²) in [6.07, 6.45) is -6.04. The molecule has 3 aromatic rings. The molecule has 1 amide bonds. The fourth-order valence-corrected chi connectivity index (χ4v) is 3.09. The van der Waals surface area contributed by atoms with Crippen LogP contribution in [0.2, 0.25) is 5.02 Å². The lowest BCUT2D eigenvalue weighted by molar-refractivity contribution is -0.137. The number of methoxy groups -OCH3 is 1.